The third-order valence-electron chi connectivity index (χ3n) is 4.24. The average Bonchev–Trinajstić information content (AvgIpc) is 2.75. The lowest BCUT2D eigenvalue weighted by atomic mass is 10.1. The van der Waals surface area contributed by atoms with Crippen LogP contribution in [0.5, 0.6) is 0 Å². The van der Waals surface area contributed by atoms with E-state index < -0.39 is 0 Å². The van der Waals surface area contributed by atoms with Gasteiger partial charge in [0.1, 0.15) is 5.82 Å². The Hall–Kier alpha value is -4.00. The number of hydrogen-bond donors (Lipinski definition) is 1. The number of aromatic nitrogens is 4. The number of hydrogen-bond acceptors (Lipinski definition) is 5. The van der Waals surface area contributed by atoms with Crippen LogP contribution in [-0.4, -0.2) is 26.1 Å². The van der Waals surface area contributed by atoms with Crippen molar-refractivity contribution in [3.8, 4) is 22.5 Å². The molecule has 0 aliphatic carbocycles. The van der Waals surface area contributed by atoms with Crippen molar-refractivity contribution >= 4 is 11.6 Å². The van der Waals surface area contributed by atoms with E-state index in [-0.39, 0.29) is 18.1 Å². The minimum atomic E-state index is -0.318. The van der Waals surface area contributed by atoms with Gasteiger partial charge in [-0.3, -0.25) is 14.8 Å². The van der Waals surface area contributed by atoms with Crippen LogP contribution in [0.25, 0.3) is 22.5 Å². The first-order valence-electron chi connectivity index (χ1n) is 8.91. The molecule has 0 unspecified atom stereocenters. The standard InChI is InChI=1S/C22H16FN5O/c23-18-3-1-2-16(11-18)20-7-5-19(14-25-20)28-22(29)10-15-4-6-21(24-12-15)17-8-9-26-27-13-17/h1-9,11-14H,10H2,(H,28,29). The first kappa shape index (κ1) is 18.4. The molecule has 1 aromatic carbocycles. The van der Waals surface area contributed by atoms with E-state index in [1.54, 1.807) is 49.1 Å². The molecule has 7 heteroatoms. The molecule has 0 saturated heterocycles. The molecule has 0 bridgehead atoms. The van der Waals surface area contributed by atoms with E-state index in [0.717, 1.165) is 16.8 Å². The number of halogens is 1. The summed E-state index contributed by atoms with van der Waals surface area (Å²) >= 11 is 0. The third kappa shape index (κ3) is 4.65. The van der Waals surface area contributed by atoms with Gasteiger partial charge in [0.2, 0.25) is 5.91 Å². The van der Waals surface area contributed by atoms with Gasteiger partial charge in [-0.1, -0.05) is 18.2 Å². The number of benzene rings is 1. The topological polar surface area (TPSA) is 80.7 Å². The van der Waals surface area contributed by atoms with E-state index >= 15 is 0 Å². The molecule has 0 radical (unpaired) electrons. The molecular weight excluding hydrogens is 369 g/mol. The minimum absolute atomic E-state index is 0.176. The number of rotatable bonds is 5. The molecule has 4 rings (SSSR count). The van der Waals surface area contributed by atoms with Crippen molar-refractivity contribution in [2.75, 3.05) is 5.32 Å². The van der Waals surface area contributed by atoms with Gasteiger partial charge in [0, 0.05) is 17.3 Å². The molecule has 0 aliphatic heterocycles. The van der Waals surface area contributed by atoms with Gasteiger partial charge in [-0.15, -0.1) is 0 Å². The maximum atomic E-state index is 13.3. The Morgan fingerprint density at radius 1 is 0.862 bits per heavy atom. The molecule has 0 aliphatic rings. The van der Waals surface area contributed by atoms with Gasteiger partial charge in [0.05, 0.1) is 42.1 Å². The predicted molar refractivity (Wildman–Crippen MR) is 107 cm³/mol. The second-order valence-corrected chi connectivity index (χ2v) is 6.35. The minimum Gasteiger partial charge on any atom is -0.324 e. The summed E-state index contributed by atoms with van der Waals surface area (Å²) in [5.74, 6) is -0.494. The Morgan fingerprint density at radius 3 is 2.38 bits per heavy atom. The highest BCUT2D eigenvalue weighted by Crippen LogP contribution is 2.20. The lowest BCUT2D eigenvalue weighted by Gasteiger charge is -2.07. The Kier molecular flexibility index (Phi) is 5.29. The van der Waals surface area contributed by atoms with Crippen molar-refractivity contribution in [1.29, 1.82) is 0 Å². The van der Waals surface area contributed by atoms with Gasteiger partial charge in [0.25, 0.3) is 0 Å². The van der Waals surface area contributed by atoms with Crippen LogP contribution < -0.4 is 5.32 Å². The number of pyridine rings is 2. The van der Waals surface area contributed by atoms with Crippen LogP contribution >= 0.6 is 0 Å². The zero-order valence-corrected chi connectivity index (χ0v) is 15.3. The van der Waals surface area contributed by atoms with Gasteiger partial charge < -0.3 is 5.32 Å². The quantitative estimate of drug-likeness (QED) is 0.563. The number of carbonyl (C=O) groups is 1. The molecule has 1 amide bonds. The van der Waals surface area contributed by atoms with Crippen LogP contribution in [0.1, 0.15) is 5.56 Å². The van der Waals surface area contributed by atoms with Crippen molar-refractivity contribution in [2.45, 2.75) is 6.42 Å². The van der Waals surface area contributed by atoms with Crippen molar-refractivity contribution in [3.05, 3.63) is 90.8 Å². The highest BCUT2D eigenvalue weighted by atomic mass is 19.1. The monoisotopic (exact) mass is 385 g/mol. The van der Waals surface area contributed by atoms with Crippen LogP contribution in [-0.2, 0) is 11.2 Å². The number of nitrogens with one attached hydrogen (secondary N) is 1. The molecule has 4 aromatic rings. The number of nitrogens with zero attached hydrogens (tertiary/aromatic N) is 4. The van der Waals surface area contributed by atoms with Crippen molar-refractivity contribution < 1.29 is 9.18 Å². The van der Waals surface area contributed by atoms with E-state index in [1.807, 2.05) is 18.2 Å². The van der Waals surface area contributed by atoms with Crippen LogP contribution in [0, 0.1) is 5.82 Å². The molecule has 0 fully saturated rings. The second kappa shape index (κ2) is 8.35. The van der Waals surface area contributed by atoms with E-state index in [4.69, 9.17) is 0 Å². The van der Waals surface area contributed by atoms with Crippen LogP contribution in [0.3, 0.4) is 0 Å². The highest BCUT2D eigenvalue weighted by Gasteiger charge is 2.07. The predicted octanol–water partition coefficient (Wildman–Crippen LogP) is 3.92. The molecule has 0 atom stereocenters. The van der Waals surface area contributed by atoms with Gasteiger partial charge in [0.15, 0.2) is 0 Å². The molecule has 29 heavy (non-hydrogen) atoms. The maximum absolute atomic E-state index is 13.3. The maximum Gasteiger partial charge on any atom is 0.228 e. The lowest BCUT2D eigenvalue weighted by Crippen LogP contribution is -2.14. The smallest absolute Gasteiger partial charge is 0.228 e. The van der Waals surface area contributed by atoms with Gasteiger partial charge in [-0.05, 0) is 42.0 Å². The Bertz CT molecular complexity index is 1120. The molecule has 3 heterocycles. The van der Waals surface area contributed by atoms with Crippen molar-refractivity contribution in [3.63, 3.8) is 0 Å². The fourth-order valence-corrected chi connectivity index (χ4v) is 2.82. The van der Waals surface area contributed by atoms with Gasteiger partial charge in [-0.25, -0.2) is 4.39 Å². The number of anilines is 1. The van der Waals surface area contributed by atoms with E-state index in [1.165, 1.54) is 12.1 Å². The van der Waals surface area contributed by atoms with E-state index in [0.29, 0.717) is 16.9 Å². The summed E-state index contributed by atoms with van der Waals surface area (Å²) in [6.07, 6.45) is 6.64. The summed E-state index contributed by atoms with van der Waals surface area (Å²) in [6, 6.07) is 15.2. The van der Waals surface area contributed by atoms with Crippen LogP contribution in [0.15, 0.2) is 79.4 Å². The summed E-state index contributed by atoms with van der Waals surface area (Å²) in [7, 11) is 0. The fraction of sp³-hybridized carbons (Fsp3) is 0.0455. The average molecular weight is 385 g/mol. The Labute approximate surface area is 166 Å². The Balaban J connectivity index is 1.38. The lowest BCUT2D eigenvalue weighted by molar-refractivity contribution is -0.115. The first-order chi connectivity index (χ1) is 14.2. The zero-order chi connectivity index (χ0) is 20.1. The van der Waals surface area contributed by atoms with Gasteiger partial charge >= 0.3 is 0 Å². The number of carbonyl (C=O) groups excluding carboxylic acids is 1. The molecule has 142 valence electrons. The van der Waals surface area contributed by atoms with Crippen LogP contribution in [0.2, 0.25) is 0 Å². The molecule has 6 nitrogen and oxygen atoms in total. The highest BCUT2D eigenvalue weighted by molar-refractivity contribution is 5.92. The molecular formula is C22H16FN5O. The molecule has 0 saturated carbocycles. The third-order valence-corrected chi connectivity index (χ3v) is 4.24. The molecule has 1 N–H and O–H groups in total. The normalized spacial score (nSPS) is 10.5. The summed E-state index contributed by atoms with van der Waals surface area (Å²) < 4.78 is 13.3. The zero-order valence-electron chi connectivity index (χ0n) is 15.3. The summed E-state index contributed by atoms with van der Waals surface area (Å²) in [6.45, 7) is 0. The molecule has 3 aromatic heterocycles. The van der Waals surface area contributed by atoms with Crippen molar-refractivity contribution in [2.24, 2.45) is 0 Å². The van der Waals surface area contributed by atoms with Gasteiger partial charge in [-0.2, -0.15) is 10.2 Å². The summed E-state index contributed by atoms with van der Waals surface area (Å²) in [5.41, 5.74) is 4.30. The SMILES string of the molecule is O=C(Cc1ccc(-c2ccnnc2)nc1)Nc1ccc(-c2cccc(F)c2)nc1. The fourth-order valence-electron chi connectivity index (χ4n) is 2.82. The van der Waals surface area contributed by atoms with E-state index in [9.17, 15) is 9.18 Å². The molecule has 0 spiro atoms. The van der Waals surface area contributed by atoms with E-state index in [2.05, 4.69) is 25.5 Å². The summed E-state index contributed by atoms with van der Waals surface area (Å²) in [4.78, 5) is 21.0. The largest absolute Gasteiger partial charge is 0.324 e. The van der Waals surface area contributed by atoms with Crippen molar-refractivity contribution in [1.82, 2.24) is 20.2 Å². The first-order valence-corrected chi connectivity index (χ1v) is 8.91. The summed E-state index contributed by atoms with van der Waals surface area (Å²) in [5, 5.41) is 10.4. The second-order valence-electron chi connectivity index (χ2n) is 6.35. The Morgan fingerprint density at radius 2 is 1.69 bits per heavy atom. The number of amides is 1. The van der Waals surface area contributed by atoms with Crippen LogP contribution in [0.4, 0.5) is 10.1 Å².